The number of benzene rings is 7. The minimum absolute atomic E-state index is 0.0869. The van der Waals surface area contributed by atoms with Crippen LogP contribution in [0.1, 0.15) is 25.0 Å². The van der Waals surface area contributed by atoms with Crippen LogP contribution < -0.4 is 0 Å². The Morgan fingerprint density at radius 3 is 2.02 bits per heavy atom. The summed E-state index contributed by atoms with van der Waals surface area (Å²) in [6, 6.07) is 58.7. The first-order chi connectivity index (χ1) is 24.6. The Hall–Kier alpha value is -6.32. The maximum Gasteiger partial charge on any atom is 0.160 e. The van der Waals surface area contributed by atoms with Crippen LogP contribution in [0.4, 0.5) is 0 Å². The second kappa shape index (κ2) is 10.8. The Balaban J connectivity index is 1.14. The first kappa shape index (κ1) is 28.7. The number of aromatic nitrogens is 3. The molecule has 0 saturated carbocycles. The molecule has 2 aromatic heterocycles. The van der Waals surface area contributed by atoms with Crippen LogP contribution >= 0.6 is 0 Å². The summed E-state index contributed by atoms with van der Waals surface area (Å²) in [7, 11) is 0. The highest BCUT2D eigenvalue weighted by atomic mass is 15.0. The van der Waals surface area contributed by atoms with E-state index in [1.165, 1.54) is 44.1 Å². The first-order valence-electron chi connectivity index (χ1n) is 17.3. The fourth-order valence-corrected chi connectivity index (χ4v) is 8.21. The van der Waals surface area contributed by atoms with Gasteiger partial charge in [-0.05, 0) is 75.8 Å². The van der Waals surface area contributed by atoms with Crippen molar-refractivity contribution in [1.29, 1.82) is 0 Å². The van der Waals surface area contributed by atoms with Gasteiger partial charge in [-0.25, -0.2) is 9.97 Å². The molecule has 0 amide bonds. The molecule has 0 unspecified atom stereocenters. The van der Waals surface area contributed by atoms with Crippen molar-refractivity contribution in [3.8, 4) is 50.6 Å². The number of para-hydroxylation sites is 3. The molecule has 0 spiro atoms. The van der Waals surface area contributed by atoms with E-state index in [9.17, 15) is 0 Å². The second-order valence-corrected chi connectivity index (χ2v) is 13.8. The monoisotopic (exact) mass is 639 g/mol. The fraction of sp³-hybridized carbons (Fsp3) is 0.0638. The van der Waals surface area contributed by atoms with Crippen LogP contribution in [-0.2, 0) is 5.41 Å². The number of rotatable bonds is 4. The van der Waals surface area contributed by atoms with Crippen molar-refractivity contribution in [2.45, 2.75) is 19.3 Å². The molecule has 7 aromatic carbocycles. The van der Waals surface area contributed by atoms with E-state index in [4.69, 9.17) is 9.97 Å². The lowest BCUT2D eigenvalue weighted by molar-refractivity contribution is 0.660. The Bertz CT molecular complexity index is 2790. The molecule has 0 saturated heterocycles. The van der Waals surface area contributed by atoms with Gasteiger partial charge in [0.15, 0.2) is 5.82 Å². The van der Waals surface area contributed by atoms with Crippen LogP contribution in [-0.4, -0.2) is 14.5 Å². The predicted molar refractivity (Wildman–Crippen MR) is 208 cm³/mol. The molecule has 0 atom stereocenters. The van der Waals surface area contributed by atoms with E-state index in [-0.39, 0.29) is 5.41 Å². The molecule has 2 heterocycles. The van der Waals surface area contributed by atoms with Crippen molar-refractivity contribution in [3.05, 3.63) is 175 Å². The lowest BCUT2D eigenvalue weighted by Crippen LogP contribution is -2.14. The summed E-state index contributed by atoms with van der Waals surface area (Å²) in [5.41, 5.74) is 15.1. The summed E-state index contributed by atoms with van der Waals surface area (Å²) in [4.78, 5) is 10.5. The molecular weight excluding hydrogens is 607 g/mol. The third kappa shape index (κ3) is 4.23. The van der Waals surface area contributed by atoms with Gasteiger partial charge in [0.25, 0.3) is 0 Å². The van der Waals surface area contributed by atoms with Crippen molar-refractivity contribution < 1.29 is 0 Å². The maximum atomic E-state index is 5.39. The molecule has 0 radical (unpaired) electrons. The van der Waals surface area contributed by atoms with Gasteiger partial charge in [-0.2, -0.15) is 0 Å². The zero-order valence-electron chi connectivity index (χ0n) is 27.9. The van der Waals surface area contributed by atoms with Crippen LogP contribution in [0, 0.1) is 0 Å². The molecule has 1 aliphatic carbocycles. The Morgan fingerprint density at radius 2 is 1.12 bits per heavy atom. The number of hydrogen-bond donors (Lipinski definition) is 0. The highest BCUT2D eigenvalue weighted by molar-refractivity contribution is 6.10. The van der Waals surface area contributed by atoms with E-state index in [1.807, 2.05) is 0 Å². The van der Waals surface area contributed by atoms with Crippen LogP contribution in [0.2, 0.25) is 0 Å². The molecule has 0 N–H and O–H groups in total. The molecule has 0 fully saturated rings. The SMILES string of the molecule is CC1(C)c2ccccc2-c2c(-c3nc(-c4cccc(-c5ccc6c(c5)c5ccccc5n6-c5ccccc5)c4)nc4ccccc34)cccc21. The fourth-order valence-electron chi connectivity index (χ4n) is 8.21. The zero-order valence-corrected chi connectivity index (χ0v) is 27.9. The molecule has 3 nitrogen and oxygen atoms in total. The topological polar surface area (TPSA) is 30.7 Å². The smallest absolute Gasteiger partial charge is 0.160 e. The number of fused-ring (bicyclic) bond motifs is 7. The lowest BCUT2D eigenvalue weighted by atomic mass is 9.82. The van der Waals surface area contributed by atoms with Crippen molar-refractivity contribution >= 4 is 32.7 Å². The maximum absolute atomic E-state index is 5.39. The lowest BCUT2D eigenvalue weighted by Gasteiger charge is -2.21. The Kier molecular flexibility index (Phi) is 6.22. The van der Waals surface area contributed by atoms with E-state index >= 15 is 0 Å². The summed E-state index contributed by atoms with van der Waals surface area (Å²) in [5.74, 6) is 0.727. The molecule has 236 valence electrons. The average molecular weight is 640 g/mol. The molecule has 9 aromatic rings. The number of hydrogen-bond acceptors (Lipinski definition) is 2. The highest BCUT2D eigenvalue weighted by Gasteiger charge is 2.37. The van der Waals surface area contributed by atoms with Crippen LogP contribution in [0.25, 0.3) is 83.3 Å². The van der Waals surface area contributed by atoms with Gasteiger partial charge >= 0.3 is 0 Å². The Morgan fingerprint density at radius 1 is 0.460 bits per heavy atom. The van der Waals surface area contributed by atoms with E-state index in [2.05, 4.69) is 182 Å². The van der Waals surface area contributed by atoms with Crippen LogP contribution in [0.3, 0.4) is 0 Å². The molecule has 0 bridgehead atoms. The van der Waals surface area contributed by atoms with Crippen LogP contribution in [0.5, 0.6) is 0 Å². The third-order valence-electron chi connectivity index (χ3n) is 10.6. The van der Waals surface area contributed by atoms with E-state index in [0.717, 1.165) is 50.4 Å². The molecular formula is C47H33N3. The minimum Gasteiger partial charge on any atom is -0.309 e. The van der Waals surface area contributed by atoms with Crippen molar-refractivity contribution in [3.63, 3.8) is 0 Å². The van der Waals surface area contributed by atoms with Gasteiger partial charge in [0.1, 0.15) is 0 Å². The molecule has 3 heteroatoms. The van der Waals surface area contributed by atoms with E-state index in [1.54, 1.807) is 0 Å². The highest BCUT2D eigenvalue weighted by Crippen LogP contribution is 2.52. The van der Waals surface area contributed by atoms with E-state index in [0.29, 0.717) is 0 Å². The third-order valence-corrected chi connectivity index (χ3v) is 10.6. The number of nitrogens with zero attached hydrogens (tertiary/aromatic N) is 3. The average Bonchev–Trinajstić information content (AvgIpc) is 3.63. The summed E-state index contributed by atoms with van der Waals surface area (Å²) in [6.07, 6.45) is 0. The summed E-state index contributed by atoms with van der Waals surface area (Å²) in [6.45, 7) is 4.65. The quantitative estimate of drug-likeness (QED) is 0.192. The molecule has 10 rings (SSSR count). The van der Waals surface area contributed by atoms with Gasteiger partial charge in [0, 0.05) is 38.4 Å². The first-order valence-corrected chi connectivity index (χ1v) is 17.3. The largest absolute Gasteiger partial charge is 0.309 e. The molecule has 50 heavy (non-hydrogen) atoms. The van der Waals surface area contributed by atoms with Gasteiger partial charge in [0.05, 0.1) is 22.2 Å². The van der Waals surface area contributed by atoms with Gasteiger partial charge in [-0.15, -0.1) is 0 Å². The normalized spacial score (nSPS) is 13.2. The second-order valence-electron chi connectivity index (χ2n) is 13.8. The Labute approximate surface area is 291 Å². The van der Waals surface area contributed by atoms with E-state index < -0.39 is 0 Å². The standard InChI is InChI=1S/C47H33N3/c1-47(2)39-22-9-6-19-35(39)44-37(21-13-23-40(44)47)45-36-20-7-10-24-41(36)48-46(49-45)32-15-12-14-30(28-32)31-26-27-43-38(29-31)34-18-8-11-25-42(34)50(43)33-16-4-3-5-17-33/h3-29H,1-2H3. The minimum atomic E-state index is -0.0869. The summed E-state index contributed by atoms with van der Waals surface area (Å²) < 4.78 is 2.36. The molecule has 0 aliphatic heterocycles. The summed E-state index contributed by atoms with van der Waals surface area (Å²) in [5, 5.41) is 3.54. The van der Waals surface area contributed by atoms with Gasteiger partial charge in [-0.3, -0.25) is 0 Å². The predicted octanol–water partition coefficient (Wildman–Crippen LogP) is 12.0. The van der Waals surface area contributed by atoms with Crippen molar-refractivity contribution in [1.82, 2.24) is 14.5 Å². The van der Waals surface area contributed by atoms with Crippen LogP contribution in [0.15, 0.2) is 164 Å². The zero-order chi connectivity index (χ0) is 33.4. The van der Waals surface area contributed by atoms with Gasteiger partial charge < -0.3 is 4.57 Å². The van der Waals surface area contributed by atoms with Crippen molar-refractivity contribution in [2.75, 3.05) is 0 Å². The van der Waals surface area contributed by atoms with Gasteiger partial charge in [0.2, 0.25) is 0 Å². The molecule has 1 aliphatic rings. The van der Waals surface area contributed by atoms with Gasteiger partial charge in [-0.1, -0.05) is 135 Å². The summed E-state index contributed by atoms with van der Waals surface area (Å²) >= 11 is 0. The van der Waals surface area contributed by atoms with Crippen molar-refractivity contribution in [2.24, 2.45) is 0 Å².